The van der Waals surface area contributed by atoms with Crippen molar-refractivity contribution < 1.29 is 39.0 Å². The molecule has 0 aliphatic carbocycles. The maximum Gasteiger partial charge on any atom is 1.00 e. The molecule has 0 rings (SSSR count). The third-order valence-corrected chi connectivity index (χ3v) is 1.59. The van der Waals surface area contributed by atoms with Gasteiger partial charge in [-0.2, -0.15) is 0 Å². The predicted octanol–water partition coefficient (Wildman–Crippen LogP) is -2.28. The molecule has 0 aliphatic rings. The van der Waals surface area contributed by atoms with Crippen LogP contribution >= 0.6 is 8.38 Å². The van der Waals surface area contributed by atoms with Crippen molar-refractivity contribution in [3.05, 3.63) is 0 Å². The normalized spacial score (nSPS) is 12.4. The van der Waals surface area contributed by atoms with E-state index in [9.17, 15) is 4.89 Å². The Morgan fingerprint density at radius 2 is 2.00 bits per heavy atom. The second kappa shape index (κ2) is 8.35. The summed E-state index contributed by atoms with van der Waals surface area (Å²) in [6, 6.07) is 0. The Morgan fingerprint density at radius 3 is 2.12 bits per heavy atom. The zero-order chi connectivity index (χ0) is 5.70. The van der Waals surface area contributed by atoms with E-state index < -0.39 is 8.38 Å². The van der Waals surface area contributed by atoms with E-state index in [1.54, 1.807) is 0 Å². The second-order valence-electron chi connectivity index (χ2n) is 1.07. The predicted molar refractivity (Wildman–Crippen MR) is 29.1 cm³/mol. The molecule has 0 fully saturated rings. The molecule has 0 saturated heterocycles. The molecule has 0 bridgehead atoms. The Morgan fingerprint density at radius 1 is 1.50 bits per heavy atom. The summed E-state index contributed by atoms with van der Waals surface area (Å²) in [6.45, 7) is 4.24. The maximum atomic E-state index is 10.3. The van der Waals surface area contributed by atoms with E-state index in [0.717, 1.165) is 0 Å². The minimum atomic E-state index is -1.33. The first-order chi connectivity index (χ1) is 3.31. The van der Waals surface area contributed by atoms with E-state index in [2.05, 4.69) is 0 Å². The average Bonchev–Trinajstić information content (AvgIpc) is 1.68. The van der Waals surface area contributed by atoms with E-state index >= 15 is 0 Å². The molecule has 0 aliphatic heterocycles. The molecule has 0 spiro atoms. The van der Waals surface area contributed by atoms with Crippen LogP contribution in [0.5, 0.6) is 0 Å². The van der Waals surface area contributed by atoms with Crippen molar-refractivity contribution in [3.63, 3.8) is 0 Å². The van der Waals surface area contributed by atoms with Crippen LogP contribution in [0.1, 0.15) is 13.8 Å². The third-order valence-electron chi connectivity index (χ3n) is 0.531. The average molecular weight is 144 g/mol. The van der Waals surface area contributed by atoms with Gasteiger partial charge in [-0.3, -0.25) is 0 Å². The second-order valence-corrected chi connectivity index (χ2v) is 2.62. The SMILES string of the molecule is CCOP([O-])CC.[Na+]. The number of hydrogen-bond acceptors (Lipinski definition) is 2. The monoisotopic (exact) mass is 144 g/mol. The van der Waals surface area contributed by atoms with Crippen LogP contribution in [0.25, 0.3) is 0 Å². The fourth-order valence-corrected chi connectivity index (χ4v) is 0.706. The van der Waals surface area contributed by atoms with Gasteiger partial charge in [0.15, 0.2) is 0 Å². The summed E-state index contributed by atoms with van der Waals surface area (Å²) in [4.78, 5) is 10.3. The molecule has 0 N–H and O–H groups in total. The van der Waals surface area contributed by atoms with Crippen LogP contribution in [0.3, 0.4) is 0 Å². The van der Waals surface area contributed by atoms with Crippen molar-refractivity contribution in [1.29, 1.82) is 0 Å². The van der Waals surface area contributed by atoms with E-state index in [4.69, 9.17) is 4.52 Å². The van der Waals surface area contributed by atoms with Gasteiger partial charge in [0.2, 0.25) is 0 Å². The van der Waals surface area contributed by atoms with E-state index in [-0.39, 0.29) is 29.6 Å². The molecule has 0 aromatic carbocycles. The molecule has 0 radical (unpaired) electrons. The van der Waals surface area contributed by atoms with Gasteiger partial charge >= 0.3 is 29.6 Å². The van der Waals surface area contributed by atoms with Gasteiger partial charge in [0.25, 0.3) is 0 Å². The Balaban J connectivity index is 0. The number of rotatable bonds is 3. The molecule has 8 heavy (non-hydrogen) atoms. The van der Waals surface area contributed by atoms with Crippen molar-refractivity contribution in [2.24, 2.45) is 0 Å². The van der Waals surface area contributed by atoms with Gasteiger partial charge in [0, 0.05) is 6.61 Å². The minimum absolute atomic E-state index is 0. The molecule has 44 valence electrons. The molecule has 4 heteroatoms. The molecule has 0 saturated carbocycles. The smallest absolute Gasteiger partial charge is 0.808 e. The van der Waals surface area contributed by atoms with E-state index in [0.29, 0.717) is 12.8 Å². The first-order valence-corrected chi connectivity index (χ1v) is 3.75. The van der Waals surface area contributed by atoms with Gasteiger partial charge in [0.05, 0.1) is 0 Å². The fraction of sp³-hybridized carbons (Fsp3) is 1.00. The van der Waals surface area contributed by atoms with Gasteiger partial charge in [-0.15, -0.1) is 0 Å². The maximum absolute atomic E-state index is 10.3. The standard InChI is InChI=1S/C4H10O2P.Na/c1-3-6-7(5)4-2;/h3-4H2,1-2H3;/q-1;+1. The zero-order valence-electron chi connectivity index (χ0n) is 5.68. The van der Waals surface area contributed by atoms with Crippen LogP contribution in [0, 0.1) is 0 Å². The van der Waals surface area contributed by atoms with Crippen LogP contribution < -0.4 is 34.5 Å². The van der Waals surface area contributed by atoms with Crippen molar-refractivity contribution in [2.45, 2.75) is 13.8 Å². The van der Waals surface area contributed by atoms with Crippen molar-refractivity contribution in [3.8, 4) is 0 Å². The first kappa shape index (κ1) is 12.1. The van der Waals surface area contributed by atoms with Crippen molar-refractivity contribution in [2.75, 3.05) is 12.8 Å². The topological polar surface area (TPSA) is 32.3 Å². The summed E-state index contributed by atoms with van der Waals surface area (Å²) >= 11 is 0. The molecule has 0 aromatic heterocycles. The van der Waals surface area contributed by atoms with Gasteiger partial charge in [0.1, 0.15) is 0 Å². The molecular formula is C4H10NaO2P. The van der Waals surface area contributed by atoms with Gasteiger partial charge in [-0.05, 0) is 13.1 Å². The van der Waals surface area contributed by atoms with E-state index in [1.165, 1.54) is 0 Å². The molecule has 0 amide bonds. The summed E-state index contributed by atoms with van der Waals surface area (Å²) in [5.41, 5.74) is 0. The first-order valence-electron chi connectivity index (χ1n) is 2.38. The molecular weight excluding hydrogens is 134 g/mol. The Labute approximate surface area is 73.8 Å². The van der Waals surface area contributed by atoms with Crippen molar-refractivity contribution in [1.82, 2.24) is 0 Å². The van der Waals surface area contributed by atoms with Crippen LogP contribution in [0.4, 0.5) is 0 Å². The molecule has 1 unspecified atom stereocenters. The minimum Gasteiger partial charge on any atom is -0.808 e. The Hall–Kier alpha value is 1.35. The van der Waals surface area contributed by atoms with Crippen LogP contribution in [-0.2, 0) is 4.52 Å². The van der Waals surface area contributed by atoms with Gasteiger partial charge < -0.3 is 9.42 Å². The zero-order valence-corrected chi connectivity index (χ0v) is 8.57. The van der Waals surface area contributed by atoms with Gasteiger partial charge in [-0.25, -0.2) is 0 Å². The molecule has 0 heterocycles. The van der Waals surface area contributed by atoms with Crippen LogP contribution in [0.2, 0.25) is 0 Å². The van der Waals surface area contributed by atoms with Crippen LogP contribution in [-0.4, -0.2) is 12.8 Å². The molecule has 2 nitrogen and oxygen atoms in total. The summed E-state index contributed by atoms with van der Waals surface area (Å²) < 4.78 is 4.70. The summed E-state index contributed by atoms with van der Waals surface area (Å²) in [7, 11) is -1.33. The molecule has 0 aromatic rings. The van der Waals surface area contributed by atoms with Gasteiger partial charge in [-0.1, -0.05) is 15.3 Å². The summed E-state index contributed by atoms with van der Waals surface area (Å²) in [6.07, 6.45) is 0.628. The third kappa shape index (κ3) is 7.35. The Kier molecular flexibility index (Phi) is 12.6. The Bertz CT molecular complexity index is 45.0. The number of hydrogen-bond donors (Lipinski definition) is 0. The molecule has 1 atom stereocenters. The van der Waals surface area contributed by atoms with E-state index in [1.807, 2.05) is 13.8 Å². The quantitative estimate of drug-likeness (QED) is 0.330. The largest absolute Gasteiger partial charge is 1.00 e. The van der Waals surface area contributed by atoms with Crippen molar-refractivity contribution >= 4 is 8.38 Å². The summed E-state index contributed by atoms with van der Waals surface area (Å²) in [5, 5.41) is 0. The van der Waals surface area contributed by atoms with Crippen LogP contribution in [0.15, 0.2) is 0 Å². The fourth-order valence-electron chi connectivity index (χ4n) is 0.235. The summed E-state index contributed by atoms with van der Waals surface area (Å²) in [5.74, 6) is 0.